The summed E-state index contributed by atoms with van der Waals surface area (Å²) in [6.45, 7) is 4.21. The fourth-order valence-corrected chi connectivity index (χ4v) is 6.34. The van der Waals surface area contributed by atoms with Gasteiger partial charge >= 0.3 is 0 Å². The molecule has 0 amide bonds. The van der Waals surface area contributed by atoms with Crippen LogP contribution in [-0.4, -0.2) is 0 Å². The number of anilines is 9. The Balaban J connectivity index is 1.40. The van der Waals surface area contributed by atoms with Crippen molar-refractivity contribution in [1.82, 2.24) is 0 Å². The van der Waals surface area contributed by atoms with Gasteiger partial charge in [0.1, 0.15) is 0 Å². The lowest BCUT2D eigenvalue weighted by molar-refractivity contribution is 1.23. The molecule has 234 valence electrons. The first-order chi connectivity index (χ1) is 23.6. The van der Waals surface area contributed by atoms with Crippen molar-refractivity contribution in [1.29, 1.82) is 0 Å². The summed E-state index contributed by atoms with van der Waals surface area (Å²) < 4.78 is 0. The number of hydrogen-bond acceptors (Lipinski definition) is 3. The lowest BCUT2D eigenvalue weighted by Gasteiger charge is -2.32. The van der Waals surface area contributed by atoms with Crippen molar-refractivity contribution in [2.24, 2.45) is 0 Å². The smallest absolute Gasteiger partial charge is 0.0887 e. The lowest BCUT2D eigenvalue weighted by Crippen LogP contribution is -2.15. The Morgan fingerprint density at radius 3 is 1.06 bits per heavy atom. The Kier molecular flexibility index (Phi) is 8.95. The first-order valence-corrected chi connectivity index (χ1v) is 16.5. The Morgan fingerprint density at radius 2 is 0.625 bits per heavy atom. The van der Waals surface area contributed by atoms with Crippen LogP contribution in [0.4, 0.5) is 51.2 Å². The average molecular weight is 642 g/mol. The van der Waals surface area contributed by atoms with Crippen LogP contribution in [0.1, 0.15) is 11.1 Å². The summed E-state index contributed by atoms with van der Waals surface area (Å²) >= 11 is 7.56. The minimum Gasteiger partial charge on any atom is -0.310 e. The van der Waals surface area contributed by atoms with Gasteiger partial charge in [-0.2, -0.15) is 0 Å². The number of nitrogens with zero attached hydrogens (tertiary/aromatic N) is 3. The molecule has 0 aromatic heterocycles. The van der Waals surface area contributed by atoms with E-state index in [0.29, 0.717) is 5.02 Å². The molecule has 0 bridgehead atoms. The largest absolute Gasteiger partial charge is 0.310 e. The molecule has 0 saturated carbocycles. The van der Waals surface area contributed by atoms with Gasteiger partial charge in [-0.3, -0.25) is 0 Å². The molecule has 0 aliphatic rings. The molecule has 0 aliphatic carbocycles. The first-order valence-electron chi connectivity index (χ1n) is 16.1. The summed E-state index contributed by atoms with van der Waals surface area (Å²) in [5, 5.41) is 0.649. The Morgan fingerprint density at radius 1 is 0.312 bits per heavy atom. The van der Waals surface area contributed by atoms with Crippen LogP contribution in [0.2, 0.25) is 5.02 Å². The van der Waals surface area contributed by atoms with E-state index < -0.39 is 0 Å². The van der Waals surface area contributed by atoms with Gasteiger partial charge in [-0.1, -0.05) is 114 Å². The van der Waals surface area contributed by atoms with Crippen LogP contribution in [0.25, 0.3) is 0 Å². The molecule has 7 aromatic carbocycles. The second kappa shape index (κ2) is 13.9. The van der Waals surface area contributed by atoms with Crippen LogP contribution in [-0.2, 0) is 0 Å². The quantitative estimate of drug-likeness (QED) is 0.155. The maximum absolute atomic E-state index is 7.56. The number of para-hydroxylation sites is 3. The molecule has 0 N–H and O–H groups in total. The van der Waals surface area contributed by atoms with Crippen molar-refractivity contribution >= 4 is 62.8 Å². The molecule has 0 aliphatic heterocycles. The van der Waals surface area contributed by atoms with Gasteiger partial charge in [-0.15, -0.1) is 0 Å². The zero-order valence-corrected chi connectivity index (χ0v) is 27.8. The predicted octanol–water partition coefficient (Wildman–Crippen LogP) is 13.4. The highest BCUT2D eigenvalue weighted by Crippen LogP contribution is 2.47. The summed E-state index contributed by atoms with van der Waals surface area (Å²) in [6.07, 6.45) is 0. The molecule has 48 heavy (non-hydrogen) atoms. The number of halogens is 1. The standard InChI is InChI=1S/C44H36ClN3/c1-33-24-28-38(29-25-33)47(39-30-26-34(2)27-31-39)42-22-13-23-43(44(42)45)48(37-18-10-5-11-19-37)41-21-12-20-40(32-41)46(35-14-6-3-7-15-35)36-16-8-4-9-17-36/h3-32H,1-2H3. The van der Waals surface area contributed by atoms with Gasteiger partial charge in [0, 0.05) is 39.8 Å². The van der Waals surface area contributed by atoms with E-state index in [0.717, 1.165) is 51.2 Å². The van der Waals surface area contributed by atoms with Crippen molar-refractivity contribution in [3.05, 3.63) is 198 Å². The van der Waals surface area contributed by atoms with E-state index in [2.05, 4.69) is 192 Å². The number of aryl methyl sites for hydroxylation is 2. The highest BCUT2D eigenvalue weighted by molar-refractivity contribution is 6.36. The van der Waals surface area contributed by atoms with Gasteiger partial charge in [0.2, 0.25) is 0 Å². The zero-order chi connectivity index (χ0) is 32.9. The fourth-order valence-electron chi connectivity index (χ4n) is 6.05. The van der Waals surface area contributed by atoms with E-state index in [4.69, 9.17) is 11.6 Å². The second-order valence-corrected chi connectivity index (χ2v) is 12.2. The first kappa shape index (κ1) is 30.9. The molecule has 0 heterocycles. The molecule has 7 aromatic rings. The van der Waals surface area contributed by atoms with Gasteiger partial charge in [0.15, 0.2) is 0 Å². The summed E-state index contributed by atoms with van der Waals surface area (Å²) in [4.78, 5) is 6.75. The number of benzene rings is 7. The van der Waals surface area contributed by atoms with E-state index in [1.54, 1.807) is 0 Å². The van der Waals surface area contributed by atoms with E-state index >= 15 is 0 Å². The van der Waals surface area contributed by atoms with Crippen molar-refractivity contribution in [3.63, 3.8) is 0 Å². The SMILES string of the molecule is Cc1ccc(N(c2ccc(C)cc2)c2cccc(N(c3ccccc3)c3cccc(N(c4ccccc4)c4ccccc4)c3)c2Cl)cc1. The van der Waals surface area contributed by atoms with Crippen LogP contribution >= 0.6 is 11.6 Å². The third-order valence-electron chi connectivity index (χ3n) is 8.41. The van der Waals surface area contributed by atoms with Crippen LogP contribution in [0.3, 0.4) is 0 Å². The normalized spacial score (nSPS) is 10.8. The third kappa shape index (κ3) is 6.42. The lowest BCUT2D eigenvalue weighted by atomic mass is 10.1. The summed E-state index contributed by atoms with van der Waals surface area (Å²) in [7, 11) is 0. The van der Waals surface area contributed by atoms with E-state index in [1.807, 2.05) is 18.2 Å². The molecule has 0 unspecified atom stereocenters. The van der Waals surface area contributed by atoms with Gasteiger partial charge in [-0.05, 0) is 105 Å². The van der Waals surface area contributed by atoms with Crippen molar-refractivity contribution in [2.45, 2.75) is 13.8 Å². The predicted molar refractivity (Wildman–Crippen MR) is 205 cm³/mol. The topological polar surface area (TPSA) is 9.72 Å². The second-order valence-electron chi connectivity index (χ2n) is 11.8. The molecule has 3 nitrogen and oxygen atoms in total. The number of rotatable bonds is 9. The minimum atomic E-state index is 0.649. The van der Waals surface area contributed by atoms with Gasteiger partial charge in [-0.25, -0.2) is 0 Å². The monoisotopic (exact) mass is 641 g/mol. The maximum Gasteiger partial charge on any atom is 0.0887 e. The average Bonchev–Trinajstić information content (AvgIpc) is 3.13. The molecule has 0 radical (unpaired) electrons. The van der Waals surface area contributed by atoms with Crippen LogP contribution < -0.4 is 14.7 Å². The van der Waals surface area contributed by atoms with E-state index in [-0.39, 0.29) is 0 Å². The van der Waals surface area contributed by atoms with E-state index in [9.17, 15) is 0 Å². The van der Waals surface area contributed by atoms with E-state index in [1.165, 1.54) is 11.1 Å². The molecule has 0 saturated heterocycles. The highest BCUT2D eigenvalue weighted by Gasteiger charge is 2.23. The van der Waals surface area contributed by atoms with Crippen molar-refractivity contribution in [2.75, 3.05) is 14.7 Å². The third-order valence-corrected chi connectivity index (χ3v) is 8.80. The van der Waals surface area contributed by atoms with Crippen molar-refractivity contribution in [3.8, 4) is 0 Å². The van der Waals surface area contributed by atoms with Gasteiger partial charge in [0.05, 0.1) is 16.4 Å². The molecule has 7 rings (SSSR count). The van der Waals surface area contributed by atoms with Gasteiger partial charge < -0.3 is 14.7 Å². The van der Waals surface area contributed by atoms with Crippen LogP contribution in [0.15, 0.2) is 182 Å². The highest BCUT2D eigenvalue weighted by atomic mass is 35.5. The Labute approximate surface area is 288 Å². The molecule has 0 atom stereocenters. The fraction of sp³-hybridized carbons (Fsp3) is 0.0455. The summed E-state index contributed by atoms with van der Waals surface area (Å²) in [5.74, 6) is 0. The molecule has 4 heteroatoms. The van der Waals surface area contributed by atoms with Crippen molar-refractivity contribution < 1.29 is 0 Å². The molecule has 0 spiro atoms. The summed E-state index contributed by atoms with van der Waals surface area (Å²) in [5.41, 5.74) is 11.5. The molecule has 0 fully saturated rings. The molecular weight excluding hydrogens is 606 g/mol. The summed E-state index contributed by atoms with van der Waals surface area (Å²) in [6, 6.07) is 63.5. The minimum absolute atomic E-state index is 0.649. The maximum atomic E-state index is 7.56. The Hall–Kier alpha value is -5.77. The van der Waals surface area contributed by atoms with Crippen LogP contribution in [0, 0.1) is 13.8 Å². The zero-order valence-electron chi connectivity index (χ0n) is 27.0. The number of hydrogen-bond donors (Lipinski definition) is 0. The van der Waals surface area contributed by atoms with Gasteiger partial charge in [0.25, 0.3) is 0 Å². The molecular formula is C44H36ClN3. The Bertz CT molecular complexity index is 2010. The van der Waals surface area contributed by atoms with Crippen LogP contribution in [0.5, 0.6) is 0 Å².